The zero-order chi connectivity index (χ0) is 14.4. The number of nitrogens with zero attached hydrogens (tertiary/aromatic N) is 4. The van der Waals surface area contributed by atoms with Crippen LogP contribution < -0.4 is 0 Å². The second-order valence-electron chi connectivity index (χ2n) is 3.79. The monoisotopic (exact) mass is 258 g/mol. The molecule has 1 amide bonds. The van der Waals surface area contributed by atoms with Gasteiger partial charge in [-0.05, 0) is 19.1 Å². The van der Waals surface area contributed by atoms with E-state index in [0.29, 0.717) is 17.2 Å². The first kappa shape index (κ1) is 14.6. The lowest BCUT2D eigenvalue weighted by molar-refractivity contribution is 0.0831. The zero-order valence-corrected chi connectivity index (χ0v) is 11.5. The van der Waals surface area contributed by atoms with Gasteiger partial charge in [-0.2, -0.15) is 0 Å². The number of allylic oxidation sites excluding steroid dienone is 1. The number of hydrogen-bond acceptors (Lipinski definition) is 3. The Labute approximate surface area is 113 Å². The summed E-state index contributed by atoms with van der Waals surface area (Å²) in [7, 11) is 3.44. The Morgan fingerprint density at radius 1 is 1.53 bits per heavy atom. The maximum absolute atomic E-state index is 12.3. The van der Waals surface area contributed by atoms with Crippen LogP contribution >= 0.6 is 0 Å². The van der Waals surface area contributed by atoms with Crippen LogP contribution in [0.25, 0.3) is 6.08 Å². The van der Waals surface area contributed by atoms with Gasteiger partial charge in [-0.25, -0.2) is 4.98 Å². The molecule has 19 heavy (non-hydrogen) atoms. The van der Waals surface area contributed by atoms with Crippen LogP contribution in [0.3, 0.4) is 0 Å². The fourth-order valence-electron chi connectivity index (χ4n) is 1.53. The molecule has 1 rings (SSSR count). The molecule has 5 nitrogen and oxygen atoms in total. The van der Waals surface area contributed by atoms with Crippen LogP contribution in [-0.2, 0) is 7.05 Å². The van der Waals surface area contributed by atoms with Crippen molar-refractivity contribution in [2.24, 2.45) is 12.0 Å². The molecule has 0 aromatic carbocycles. The summed E-state index contributed by atoms with van der Waals surface area (Å²) < 4.78 is 1.69. The number of carbonyl (C=O) groups excluding carboxylic acids is 1. The quantitative estimate of drug-likeness (QED) is 0.601. The fourth-order valence-corrected chi connectivity index (χ4v) is 1.53. The number of aliphatic imine (C=N–C) groups is 1. The van der Waals surface area contributed by atoms with Gasteiger partial charge in [0.15, 0.2) is 0 Å². The second-order valence-corrected chi connectivity index (χ2v) is 3.79. The molecule has 0 bridgehead atoms. The summed E-state index contributed by atoms with van der Waals surface area (Å²) in [5.41, 5.74) is 1.09. The predicted octanol–water partition coefficient (Wildman–Crippen LogP) is 2.25. The summed E-state index contributed by atoms with van der Waals surface area (Å²) in [6, 6.07) is 0. The average molecular weight is 258 g/mol. The maximum atomic E-state index is 12.3. The van der Waals surface area contributed by atoms with E-state index in [1.807, 2.05) is 0 Å². The molecule has 0 radical (unpaired) electrons. The van der Waals surface area contributed by atoms with Crippen molar-refractivity contribution in [1.29, 1.82) is 0 Å². The van der Waals surface area contributed by atoms with Gasteiger partial charge in [0, 0.05) is 20.3 Å². The SMILES string of the molecule is C=C/C(=C\N=CC)N(C)C(=O)c1cnc(C=C)n1C. The number of hydrogen-bond donors (Lipinski definition) is 0. The highest BCUT2D eigenvalue weighted by Gasteiger charge is 2.18. The largest absolute Gasteiger partial charge is 0.324 e. The van der Waals surface area contributed by atoms with Crippen molar-refractivity contribution < 1.29 is 4.79 Å². The minimum absolute atomic E-state index is 0.180. The molecule has 0 atom stereocenters. The van der Waals surface area contributed by atoms with E-state index in [-0.39, 0.29) is 5.91 Å². The molecule has 0 spiro atoms. The molecule has 0 aliphatic heterocycles. The van der Waals surface area contributed by atoms with Crippen LogP contribution in [0.2, 0.25) is 0 Å². The number of imidazole rings is 1. The molecule has 1 heterocycles. The van der Waals surface area contributed by atoms with Crippen molar-refractivity contribution in [2.45, 2.75) is 6.92 Å². The third kappa shape index (κ3) is 3.07. The van der Waals surface area contributed by atoms with Gasteiger partial charge >= 0.3 is 0 Å². The van der Waals surface area contributed by atoms with Gasteiger partial charge < -0.3 is 9.47 Å². The first-order valence-corrected chi connectivity index (χ1v) is 5.79. The van der Waals surface area contributed by atoms with Crippen LogP contribution in [0.15, 0.2) is 42.3 Å². The zero-order valence-electron chi connectivity index (χ0n) is 11.5. The predicted molar refractivity (Wildman–Crippen MR) is 77.8 cm³/mol. The number of likely N-dealkylation sites (N-methyl/N-ethyl adjacent to an activating group) is 1. The summed E-state index contributed by atoms with van der Waals surface area (Å²) >= 11 is 0. The van der Waals surface area contributed by atoms with Crippen molar-refractivity contribution in [3.8, 4) is 0 Å². The molecule has 0 aliphatic carbocycles. The van der Waals surface area contributed by atoms with Gasteiger partial charge in [-0.3, -0.25) is 9.79 Å². The molecule has 1 aromatic heterocycles. The minimum atomic E-state index is -0.180. The van der Waals surface area contributed by atoms with Crippen LogP contribution in [0, 0.1) is 0 Å². The van der Waals surface area contributed by atoms with Crippen molar-refractivity contribution in [1.82, 2.24) is 14.5 Å². The molecule has 0 unspecified atom stereocenters. The fraction of sp³-hybridized carbons (Fsp3) is 0.214. The van der Waals surface area contributed by atoms with Crippen molar-refractivity contribution in [2.75, 3.05) is 7.05 Å². The molecule has 5 heteroatoms. The Morgan fingerprint density at radius 2 is 2.21 bits per heavy atom. The topological polar surface area (TPSA) is 50.5 Å². The molecule has 0 aliphatic rings. The van der Waals surface area contributed by atoms with Gasteiger partial charge in [-0.1, -0.05) is 13.2 Å². The lowest BCUT2D eigenvalue weighted by atomic mass is 10.3. The highest BCUT2D eigenvalue weighted by Crippen LogP contribution is 2.11. The van der Waals surface area contributed by atoms with E-state index in [2.05, 4.69) is 23.1 Å². The Kier molecular flexibility index (Phi) is 5.00. The number of rotatable bonds is 5. The Balaban J connectivity index is 3.08. The summed E-state index contributed by atoms with van der Waals surface area (Å²) in [5.74, 6) is 0.466. The van der Waals surface area contributed by atoms with Gasteiger partial charge in [0.1, 0.15) is 11.5 Å². The minimum Gasteiger partial charge on any atom is -0.324 e. The highest BCUT2D eigenvalue weighted by atomic mass is 16.2. The molecule has 1 aromatic rings. The first-order chi connectivity index (χ1) is 9.06. The van der Waals surface area contributed by atoms with E-state index in [1.165, 1.54) is 11.1 Å². The Bertz CT molecular complexity index is 552. The smallest absolute Gasteiger partial charge is 0.276 e. The third-order valence-corrected chi connectivity index (χ3v) is 2.68. The van der Waals surface area contributed by atoms with Gasteiger partial charge in [0.05, 0.1) is 18.1 Å². The number of carbonyl (C=O) groups is 1. The Morgan fingerprint density at radius 3 is 2.68 bits per heavy atom. The normalized spacial score (nSPS) is 11.6. The van der Waals surface area contributed by atoms with Crippen molar-refractivity contribution in [3.05, 3.63) is 48.8 Å². The molecular weight excluding hydrogens is 240 g/mol. The van der Waals surface area contributed by atoms with E-state index in [9.17, 15) is 4.79 Å². The van der Waals surface area contributed by atoms with E-state index in [1.54, 1.807) is 50.2 Å². The van der Waals surface area contributed by atoms with E-state index >= 15 is 0 Å². The summed E-state index contributed by atoms with van der Waals surface area (Å²) in [5, 5.41) is 0. The number of aromatic nitrogens is 2. The summed E-state index contributed by atoms with van der Waals surface area (Å²) in [6.45, 7) is 9.13. The Hall–Kier alpha value is -2.43. The van der Waals surface area contributed by atoms with E-state index < -0.39 is 0 Å². The lowest BCUT2D eigenvalue weighted by Crippen LogP contribution is -2.27. The standard InChI is InChI=1S/C14H18N4O/c1-6-11(9-15-8-3)17(4)14(19)12-10-16-13(7-2)18(12)5/h6-10H,1-2H2,3-5H3/b11-9+,15-8?. The van der Waals surface area contributed by atoms with E-state index in [0.717, 1.165) is 0 Å². The van der Waals surface area contributed by atoms with Crippen molar-refractivity contribution >= 4 is 18.2 Å². The molecule has 0 saturated heterocycles. The third-order valence-electron chi connectivity index (χ3n) is 2.68. The summed E-state index contributed by atoms with van der Waals surface area (Å²) in [6.07, 6.45) is 7.93. The van der Waals surface area contributed by atoms with Crippen LogP contribution in [0.1, 0.15) is 23.2 Å². The molecule has 100 valence electrons. The van der Waals surface area contributed by atoms with Crippen LogP contribution in [0.5, 0.6) is 0 Å². The van der Waals surface area contributed by atoms with Gasteiger partial charge in [0.2, 0.25) is 0 Å². The molecule has 0 saturated carbocycles. The molecular formula is C14H18N4O. The van der Waals surface area contributed by atoms with E-state index in [4.69, 9.17) is 0 Å². The first-order valence-electron chi connectivity index (χ1n) is 5.79. The second kappa shape index (κ2) is 6.49. The number of amides is 1. The van der Waals surface area contributed by atoms with Gasteiger partial charge in [-0.15, -0.1) is 0 Å². The maximum Gasteiger partial charge on any atom is 0.276 e. The summed E-state index contributed by atoms with van der Waals surface area (Å²) in [4.78, 5) is 21.9. The average Bonchev–Trinajstić information content (AvgIpc) is 2.79. The molecule has 0 N–H and O–H groups in total. The van der Waals surface area contributed by atoms with Crippen molar-refractivity contribution in [3.63, 3.8) is 0 Å². The lowest BCUT2D eigenvalue weighted by Gasteiger charge is -2.17. The van der Waals surface area contributed by atoms with Gasteiger partial charge in [0.25, 0.3) is 5.91 Å². The van der Waals surface area contributed by atoms with Crippen LogP contribution in [-0.4, -0.2) is 33.6 Å². The molecule has 0 fully saturated rings. The van der Waals surface area contributed by atoms with Crippen LogP contribution in [0.4, 0.5) is 0 Å². The highest BCUT2D eigenvalue weighted by molar-refractivity contribution is 5.94.